The zero-order chi connectivity index (χ0) is 19.3. The van der Waals surface area contributed by atoms with E-state index in [-0.39, 0.29) is 12.2 Å². The highest BCUT2D eigenvalue weighted by Gasteiger charge is 2.36. The Labute approximate surface area is 166 Å². The molecule has 0 spiro atoms. The van der Waals surface area contributed by atoms with Crippen molar-refractivity contribution in [2.45, 2.75) is 34.1 Å². The number of benzene rings is 1. The first-order valence-electron chi connectivity index (χ1n) is 8.60. The Hall–Kier alpha value is -2.53. The second-order valence-corrected chi connectivity index (χ2v) is 8.30. The number of thiophene rings is 1. The summed E-state index contributed by atoms with van der Waals surface area (Å²) >= 11 is 7.77. The zero-order valence-corrected chi connectivity index (χ0v) is 17.1. The van der Waals surface area contributed by atoms with Crippen molar-refractivity contribution in [1.82, 2.24) is 19.4 Å². The molecule has 0 atom stereocenters. The van der Waals surface area contributed by atoms with Crippen LogP contribution in [0.1, 0.15) is 46.6 Å². The number of ketones is 1. The van der Waals surface area contributed by atoms with Gasteiger partial charge in [-0.15, -0.1) is 21.5 Å². The molecule has 2 aromatic heterocycles. The predicted molar refractivity (Wildman–Crippen MR) is 110 cm³/mol. The molecular formula is C20H18ClN4OS+. The number of rotatable bonds is 3. The maximum atomic E-state index is 11.9. The Morgan fingerprint density at radius 3 is 2.56 bits per heavy atom. The van der Waals surface area contributed by atoms with Crippen molar-refractivity contribution < 1.29 is 4.79 Å². The number of carbonyl (C=O) groups is 1. The summed E-state index contributed by atoms with van der Waals surface area (Å²) in [5.41, 5.74) is 4.66. The molecule has 0 saturated carbocycles. The third-order valence-electron chi connectivity index (χ3n) is 4.67. The summed E-state index contributed by atoms with van der Waals surface area (Å²) in [6.07, 6.45) is 0.211. The highest BCUT2D eigenvalue weighted by molar-refractivity contribution is 7.15. The summed E-state index contributed by atoms with van der Waals surface area (Å²) in [5, 5.41) is 10.3. The topological polar surface area (TPSA) is 61.9 Å². The van der Waals surface area contributed by atoms with Crippen LogP contribution in [-0.4, -0.2) is 32.0 Å². The molecule has 7 heteroatoms. The molecule has 27 heavy (non-hydrogen) atoms. The second kappa shape index (κ2) is 6.57. The molecule has 136 valence electrons. The van der Waals surface area contributed by atoms with Crippen LogP contribution in [0.3, 0.4) is 0 Å². The molecule has 0 unspecified atom stereocenters. The Morgan fingerprint density at radius 2 is 1.89 bits per heavy atom. The molecule has 4 rings (SSSR count). The number of halogens is 1. The quantitative estimate of drug-likeness (QED) is 0.634. The van der Waals surface area contributed by atoms with Gasteiger partial charge in [0.05, 0.1) is 5.56 Å². The molecule has 0 radical (unpaired) electrons. The molecule has 0 amide bonds. The Bertz CT molecular complexity index is 1150. The first-order chi connectivity index (χ1) is 12.9. The first-order valence-corrected chi connectivity index (χ1v) is 9.79. The van der Waals surface area contributed by atoms with Gasteiger partial charge < -0.3 is 0 Å². The standard InChI is InChI=1S/C20H18ClN4OS/c1-10(26)9-16-19-24-23-13(4)25(19)20-17(11(2)12(3)27-20)18(22-16)14-5-7-15(21)8-6-14/h5-8H,9H2,1-4H3/q+1. The fourth-order valence-corrected chi connectivity index (χ4v) is 4.58. The van der Waals surface area contributed by atoms with E-state index in [1.54, 1.807) is 18.3 Å². The van der Waals surface area contributed by atoms with Gasteiger partial charge in [0, 0.05) is 9.90 Å². The highest BCUT2D eigenvalue weighted by atomic mass is 35.5. The fraction of sp³-hybridized carbons (Fsp3) is 0.250. The monoisotopic (exact) mass is 397 g/mol. The number of hydrogen-bond donors (Lipinski definition) is 0. The Kier molecular flexibility index (Phi) is 4.35. The first kappa shape index (κ1) is 17.9. The number of fused-ring (bicyclic) bond motifs is 3. The molecule has 0 saturated heterocycles. The van der Waals surface area contributed by atoms with Gasteiger partial charge in [0.15, 0.2) is 0 Å². The predicted octanol–water partition coefficient (Wildman–Crippen LogP) is 3.59. The minimum Gasteiger partial charge on any atom is -0.299 e. The molecule has 1 aliphatic heterocycles. The summed E-state index contributed by atoms with van der Waals surface area (Å²) in [7, 11) is 0. The van der Waals surface area contributed by atoms with E-state index in [9.17, 15) is 4.79 Å². The maximum absolute atomic E-state index is 11.9. The van der Waals surface area contributed by atoms with Gasteiger partial charge in [0.2, 0.25) is 5.82 Å². The smallest absolute Gasteiger partial charge is 0.299 e. The maximum Gasteiger partial charge on any atom is 0.356 e. The van der Waals surface area contributed by atoms with E-state index in [0.29, 0.717) is 16.6 Å². The summed E-state index contributed by atoms with van der Waals surface area (Å²) < 4.78 is 6.96. The average molecular weight is 398 g/mol. The molecular weight excluding hydrogens is 380 g/mol. The normalized spacial score (nSPS) is 12.8. The van der Waals surface area contributed by atoms with Crippen LogP contribution in [0.5, 0.6) is 0 Å². The van der Waals surface area contributed by atoms with Crippen molar-refractivity contribution in [3.63, 3.8) is 0 Å². The fourth-order valence-electron chi connectivity index (χ4n) is 3.25. The molecule has 1 aromatic carbocycles. The van der Waals surface area contributed by atoms with Crippen molar-refractivity contribution in [3.8, 4) is 5.00 Å². The zero-order valence-electron chi connectivity index (χ0n) is 15.5. The molecule has 0 fully saturated rings. The summed E-state index contributed by atoms with van der Waals surface area (Å²) in [4.78, 5) is 13.1. The van der Waals surface area contributed by atoms with Crippen LogP contribution >= 0.6 is 22.9 Å². The lowest BCUT2D eigenvalue weighted by Crippen LogP contribution is -2.16. The van der Waals surface area contributed by atoms with Crippen molar-refractivity contribution >= 4 is 40.1 Å². The highest BCUT2D eigenvalue weighted by Crippen LogP contribution is 2.35. The summed E-state index contributed by atoms with van der Waals surface area (Å²) in [5.74, 6) is 1.45. The Morgan fingerprint density at radius 1 is 1.19 bits per heavy atom. The molecule has 0 aliphatic carbocycles. The van der Waals surface area contributed by atoms with E-state index in [4.69, 9.17) is 16.3 Å². The molecule has 3 heterocycles. The number of nitrogens with zero attached hydrogens (tertiary/aromatic N) is 4. The van der Waals surface area contributed by atoms with Crippen LogP contribution in [0, 0.1) is 20.8 Å². The van der Waals surface area contributed by atoms with Crippen LogP contribution in [0.25, 0.3) is 5.00 Å². The van der Waals surface area contributed by atoms with E-state index in [2.05, 4.69) is 24.0 Å². The van der Waals surface area contributed by atoms with Gasteiger partial charge in [-0.05, 0) is 57.5 Å². The molecule has 3 aromatic rings. The van der Waals surface area contributed by atoms with Crippen molar-refractivity contribution in [2.75, 3.05) is 0 Å². The van der Waals surface area contributed by atoms with Gasteiger partial charge in [-0.2, -0.15) is 0 Å². The number of hydrogen-bond acceptors (Lipinski definition) is 4. The lowest BCUT2D eigenvalue weighted by Gasteiger charge is -2.04. The third-order valence-corrected chi connectivity index (χ3v) is 6.11. The van der Waals surface area contributed by atoms with E-state index in [1.165, 1.54) is 10.4 Å². The van der Waals surface area contributed by atoms with Gasteiger partial charge in [0.1, 0.15) is 28.6 Å². The lowest BCUT2D eigenvalue weighted by molar-refractivity contribution is -0.115. The molecule has 0 bridgehead atoms. The van der Waals surface area contributed by atoms with E-state index < -0.39 is 0 Å². The molecule has 1 aliphatic rings. The van der Waals surface area contributed by atoms with Gasteiger partial charge in [0.25, 0.3) is 0 Å². The number of aryl methyl sites for hydroxylation is 2. The minimum atomic E-state index is 0.0366. The average Bonchev–Trinajstić information content (AvgIpc) is 3.08. The number of aromatic nitrogens is 3. The lowest BCUT2D eigenvalue weighted by atomic mass is 10.00. The summed E-state index contributed by atoms with van der Waals surface area (Å²) in [6.45, 7) is 7.69. The van der Waals surface area contributed by atoms with Crippen LogP contribution < -0.4 is 4.67 Å². The van der Waals surface area contributed by atoms with Crippen LogP contribution in [0.2, 0.25) is 5.02 Å². The molecule has 5 nitrogen and oxygen atoms in total. The van der Waals surface area contributed by atoms with Crippen LogP contribution in [-0.2, 0) is 4.79 Å². The van der Waals surface area contributed by atoms with Crippen LogP contribution in [0.15, 0.2) is 24.3 Å². The van der Waals surface area contributed by atoms with E-state index in [0.717, 1.165) is 27.7 Å². The minimum absolute atomic E-state index is 0.0366. The van der Waals surface area contributed by atoms with Crippen LogP contribution in [0.4, 0.5) is 0 Å². The van der Waals surface area contributed by atoms with Crippen molar-refractivity contribution in [2.24, 2.45) is 0 Å². The SMILES string of the molecule is CC(=O)CC1=[N+]=C(c2ccc(Cl)cc2)c2c(sc(C)c2C)-n2c(C)nnc21. The van der Waals surface area contributed by atoms with E-state index >= 15 is 0 Å². The largest absolute Gasteiger partial charge is 0.356 e. The van der Waals surface area contributed by atoms with Gasteiger partial charge in [-0.3, -0.25) is 9.36 Å². The third kappa shape index (κ3) is 2.96. The number of carbonyl (C=O) groups excluding carboxylic acids is 1. The Balaban J connectivity index is 2.12. The second-order valence-electron chi connectivity index (χ2n) is 6.66. The van der Waals surface area contributed by atoms with Crippen molar-refractivity contribution in [3.05, 3.63) is 62.5 Å². The molecule has 0 N–H and O–H groups in total. The van der Waals surface area contributed by atoms with Gasteiger partial charge in [-0.1, -0.05) is 16.3 Å². The van der Waals surface area contributed by atoms with Gasteiger partial charge >= 0.3 is 11.4 Å². The van der Waals surface area contributed by atoms with Crippen molar-refractivity contribution in [1.29, 1.82) is 0 Å². The van der Waals surface area contributed by atoms with E-state index in [1.807, 2.05) is 35.8 Å². The van der Waals surface area contributed by atoms with Gasteiger partial charge in [-0.25, -0.2) is 0 Å². The number of Topliss-reactive ketones (excluding diaryl/α,β-unsaturated/α-hetero) is 1. The summed E-state index contributed by atoms with van der Waals surface area (Å²) in [6, 6.07) is 7.63.